The lowest BCUT2D eigenvalue weighted by Crippen LogP contribution is -2.61. The Morgan fingerprint density at radius 2 is 1.04 bits per heavy atom. The predicted molar refractivity (Wildman–Crippen MR) is 347 cm³/mol. The second kappa shape index (κ2) is 29.0. The molecule has 13 rings (SSSR count). The highest BCUT2D eigenvalue weighted by Gasteiger charge is 2.64. The van der Waals surface area contributed by atoms with Crippen LogP contribution in [0.2, 0.25) is 0 Å². The number of ether oxygens (including phenoxy) is 8. The van der Waals surface area contributed by atoms with Crippen LogP contribution in [0.4, 0.5) is 0 Å². The number of hydrogen-bond acceptors (Lipinski definition) is 16. The van der Waals surface area contributed by atoms with Crippen LogP contribution in [-0.2, 0) is 71.5 Å². The lowest BCUT2D eigenvalue weighted by atomic mass is 9.49. The summed E-state index contributed by atoms with van der Waals surface area (Å²) in [5.41, 5.74) is -3.30. The molecule has 0 amide bonds. The van der Waals surface area contributed by atoms with Crippen LogP contribution in [0.3, 0.4) is 0 Å². The van der Waals surface area contributed by atoms with Crippen LogP contribution in [-0.4, -0.2) is 101 Å². The Balaban J connectivity index is 0.000000163. The molecule has 518 valence electrons. The molecule has 0 spiro atoms. The van der Waals surface area contributed by atoms with Crippen molar-refractivity contribution in [2.45, 2.75) is 325 Å². The van der Waals surface area contributed by atoms with Gasteiger partial charge in [-0.05, 0) is 252 Å². The van der Waals surface area contributed by atoms with Gasteiger partial charge in [-0.3, -0.25) is 28.8 Å². The Kier molecular flexibility index (Phi) is 23.7. The first-order valence-electron chi connectivity index (χ1n) is 36.0. The molecule has 2 heterocycles. The van der Waals surface area contributed by atoms with Gasteiger partial charge in [-0.1, -0.05) is 61.5 Å². The molecule has 10 bridgehead atoms. The number of esters is 7. The number of carbonyl (C=O) groups is 7. The second-order valence-corrected chi connectivity index (χ2v) is 33.4. The minimum atomic E-state index is -0.610. The van der Waals surface area contributed by atoms with Gasteiger partial charge in [-0.15, -0.1) is 0 Å². The number of aliphatic hydroxyl groups is 1. The molecule has 13 fully saturated rings. The SMILES string of the molecule is C=C1OCCC1OC(=O)C(C)(C)CC.CCC(C)(C)C(=O)OC1(CC)C2CC3CC(C2)CC1C3.CCC(C)(C)C(=O)OC12CC3CC(CC(O)(C3)C1)C2.CCC(C)(C)C(=O)OCC(=O)OC1C2CC3C(=O)OC1C3C2.CCC1(OC(=O)C(C)(C)CC)CCCCC1. The average Bonchev–Trinajstić information content (AvgIpc) is 1.75. The maximum atomic E-state index is 12.6. The molecule has 1 N–H and O–H groups in total. The normalized spacial score (nSPS) is 34.2. The van der Waals surface area contributed by atoms with Crippen LogP contribution < -0.4 is 0 Å². The maximum absolute atomic E-state index is 12.6. The first-order chi connectivity index (χ1) is 42.4. The molecule has 91 heavy (non-hydrogen) atoms. The first-order valence-corrected chi connectivity index (χ1v) is 36.0. The van der Waals surface area contributed by atoms with Crippen molar-refractivity contribution in [2.75, 3.05) is 13.2 Å². The molecule has 8 atom stereocenters. The topological polar surface area (TPSA) is 214 Å². The summed E-state index contributed by atoms with van der Waals surface area (Å²) in [5.74, 6) is 3.83. The summed E-state index contributed by atoms with van der Waals surface area (Å²) < 4.78 is 44.3. The van der Waals surface area contributed by atoms with E-state index in [4.69, 9.17) is 37.9 Å². The second-order valence-electron chi connectivity index (χ2n) is 33.4. The zero-order valence-corrected chi connectivity index (χ0v) is 59.5. The first kappa shape index (κ1) is 74.2. The Morgan fingerprint density at radius 3 is 1.52 bits per heavy atom. The summed E-state index contributed by atoms with van der Waals surface area (Å²) in [6.07, 6.45) is 25.4. The van der Waals surface area contributed by atoms with Gasteiger partial charge in [0, 0.05) is 24.7 Å². The molecular weight excluding hydrogens is 1160 g/mol. The van der Waals surface area contributed by atoms with E-state index in [0.29, 0.717) is 48.9 Å². The number of rotatable bonds is 19. The maximum Gasteiger partial charge on any atom is 0.344 e. The molecule has 8 unspecified atom stereocenters. The minimum absolute atomic E-state index is 0.00636. The number of hydrogen-bond donors (Lipinski definition) is 1. The van der Waals surface area contributed by atoms with E-state index in [1.54, 1.807) is 13.8 Å². The molecule has 0 aromatic carbocycles. The summed E-state index contributed by atoms with van der Waals surface area (Å²) in [5, 5.41) is 10.6. The molecule has 13 aliphatic rings. The highest BCUT2D eigenvalue weighted by Crippen LogP contribution is 2.62. The number of fused-ring (bicyclic) bond motifs is 1. The summed E-state index contributed by atoms with van der Waals surface area (Å²) in [4.78, 5) is 84.2. The van der Waals surface area contributed by atoms with Crippen molar-refractivity contribution in [3.8, 4) is 0 Å². The summed E-state index contributed by atoms with van der Waals surface area (Å²) in [7, 11) is 0. The quantitative estimate of drug-likeness (QED) is 0.0940. The van der Waals surface area contributed by atoms with E-state index >= 15 is 0 Å². The van der Waals surface area contributed by atoms with Crippen molar-refractivity contribution in [2.24, 2.45) is 80.3 Å². The largest absolute Gasteiger partial charge is 0.494 e. The fraction of sp³-hybridized carbons (Fsp3) is 0.880. The third kappa shape index (κ3) is 16.9. The Labute approximate surface area is 547 Å². The van der Waals surface area contributed by atoms with Gasteiger partial charge in [0.1, 0.15) is 34.8 Å². The van der Waals surface area contributed by atoms with Crippen molar-refractivity contribution < 1.29 is 76.6 Å². The molecule has 0 aromatic rings. The van der Waals surface area contributed by atoms with Gasteiger partial charge >= 0.3 is 41.8 Å². The van der Waals surface area contributed by atoms with Crippen LogP contribution >= 0.6 is 0 Å². The van der Waals surface area contributed by atoms with Crippen molar-refractivity contribution in [3.05, 3.63) is 12.3 Å². The monoisotopic (exact) mass is 1280 g/mol. The van der Waals surface area contributed by atoms with Crippen molar-refractivity contribution >= 4 is 41.8 Å². The molecule has 11 aliphatic carbocycles. The van der Waals surface area contributed by atoms with Gasteiger partial charge in [0.2, 0.25) is 0 Å². The number of carbonyl (C=O) groups excluding carboxylic acids is 7. The minimum Gasteiger partial charge on any atom is -0.494 e. The average molecular weight is 1280 g/mol. The van der Waals surface area contributed by atoms with E-state index < -0.39 is 33.8 Å². The molecule has 11 saturated carbocycles. The Hall–Kier alpha value is -4.21. The van der Waals surface area contributed by atoms with Crippen LogP contribution in [0.1, 0.15) is 285 Å². The predicted octanol–water partition coefficient (Wildman–Crippen LogP) is 15.4. The summed E-state index contributed by atoms with van der Waals surface area (Å²) in [6.45, 7) is 37.5. The standard InChI is InChI=1S/C18H30O2.C16H22O6.C16H26O3.C14H26O2.C11H18O3/c1-5-17(3,4)16(19)20-18(6-2)14-8-12-7-13(10-14)11-15(18)9-12;1-4-16(2,3)15(19)20-7-11(17)21-12-8-5-9-10(6-8)14(18)22-13(9)12;1-4-14(2,3)13(17)19-16-8-11-5-12(9-16)7-15(18,6-11)10-16;1-5-13(3,4)12(15)16-14(6-2)10-8-7-9-11-14;1-5-11(3,4)10(12)14-9-6-7-13-8(9)2/h12-15H,5-11H2,1-4H3;8-10,12-13H,4-7H2,1-3H3;11-12,18H,4-10H2,1-3H3;5-11H2,1-4H3;9H,2,5-7H2,1,3-4H3. The van der Waals surface area contributed by atoms with Gasteiger partial charge in [0.25, 0.3) is 0 Å². The Morgan fingerprint density at radius 1 is 0.560 bits per heavy atom. The van der Waals surface area contributed by atoms with Crippen LogP contribution in [0, 0.1) is 80.3 Å². The molecule has 0 aromatic heterocycles. The molecule has 16 nitrogen and oxygen atoms in total. The smallest absolute Gasteiger partial charge is 0.344 e. The Bertz CT molecular complexity index is 2540. The molecular formula is C75H122O16. The van der Waals surface area contributed by atoms with Gasteiger partial charge in [0.15, 0.2) is 12.7 Å². The summed E-state index contributed by atoms with van der Waals surface area (Å²) in [6, 6.07) is 0. The zero-order chi connectivity index (χ0) is 67.5. The lowest BCUT2D eigenvalue weighted by Gasteiger charge is -2.60. The molecule has 2 saturated heterocycles. The van der Waals surface area contributed by atoms with Crippen LogP contribution in [0.25, 0.3) is 0 Å². The molecule has 16 heteroatoms. The van der Waals surface area contributed by atoms with Crippen molar-refractivity contribution in [3.63, 3.8) is 0 Å². The van der Waals surface area contributed by atoms with Gasteiger partial charge < -0.3 is 43.0 Å². The van der Waals surface area contributed by atoms with E-state index in [0.717, 1.165) is 108 Å². The van der Waals surface area contributed by atoms with Crippen LogP contribution in [0.5, 0.6) is 0 Å². The third-order valence-corrected chi connectivity index (χ3v) is 24.8. The lowest BCUT2D eigenvalue weighted by molar-refractivity contribution is -0.225. The van der Waals surface area contributed by atoms with E-state index in [9.17, 15) is 38.7 Å². The fourth-order valence-corrected chi connectivity index (χ4v) is 17.0. The highest BCUT2D eigenvalue weighted by atomic mass is 16.6. The molecule has 2 aliphatic heterocycles. The zero-order valence-electron chi connectivity index (χ0n) is 59.5. The van der Waals surface area contributed by atoms with Gasteiger partial charge in [0.05, 0.1) is 45.2 Å². The fourth-order valence-electron chi connectivity index (χ4n) is 17.0. The molecule has 0 radical (unpaired) electrons. The van der Waals surface area contributed by atoms with E-state index in [1.807, 2.05) is 83.1 Å². The van der Waals surface area contributed by atoms with Crippen molar-refractivity contribution in [1.82, 2.24) is 0 Å². The van der Waals surface area contributed by atoms with Crippen LogP contribution in [0.15, 0.2) is 12.3 Å². The van der Waals surface area contributed by atoms with Gasteiger partial charge in [-0.2, -0.15) is 0 Å². The van der Waals surface area contributed by atoms with E-state index in [-0.39, 0.29) is 100 Å². The van der Waals surface area contributed by atoms with Gasteiger partial charge in [-0.25, -0.2) is 4.79 Å². The van der Waals surface area contributed by atoms with Crippen molar-refractivity contribution in [1.29, 1.82) is 0 Å². The highest BCUT2D eigenvalue weighted by molar-refractivity contribution is 5.81. The van der Waals surface area contributed by atoms with E-state index in [2.05, 4.69) is 27.4 Å². The summed E-state index contributed by atoms with van der Waals surface area (Å²) >= 11 is 0. The third-order valence-electron chi connectivity index (χ3n) is 24.8. The van der Waals surface area contributed by atoms with E-state index in [1.165, 1.54) is 57.8 Å².